The molecule has 114 valence electrons. The second-order valence-electron chi connectivity index (χ2n) is 5.53. The minimum absolute atomic E-state index is 0.0533. The maximum Gasteiger partial charge on any atom is 0.332 e. The van der Waals surface area contributed by atoms with Gasteiger partial charge in [0.1, 0.15) is 6.10 Å². The average molecular weight is 309 g/mol. The lowest BCUT2D eigenvalue weighted by atomic mass is 9.97. The van der Waals surface area contributed by atoms with Crippen LogP contribution in [-0.4, -0.2) is 40.6 Å². The molecule has 0 aromatic carbocycles. The van der Waals surface area contributed by atoms with Crippen LogP contribution in [0.3, 0.4) is 0 Å². The van der Waals surface area contributed by atoms with E-state index in [0.717, 1.165) is 12.8 Å². The Kier molecular flexibility index (Phi) is 3.99. The van der Waals surface area contributed by atoms with Crippen molar-refractivity contribution in [2.24, 2.45) is 0 Å². The lowest BCUT2D eigenvalue weighted by molar-refractivity contribution is -0.156. The number of carboxylic acid groups (broad SMARTS) is 1. The van der Waals surface area contributed by atoms with Gasteiger partial charge in [-0.25, -0.2) is 4.79 Å². The van der Waals surface area contributed by atoms with Gasteiger partial charge in [-0.1, -0.05) is 6.92 Å². The topological polar surface area (TPSA) is 66.8 Å². The summed E-state index contributed by atoms with van der Waals surface area (Å²) in [7, 11) is 0. The fraction of sp³-hybridized carbons (Fsp3) is 0.600. The largest absolute Gasteiger partial charge is 0.479 e. The Morgan fingerprint density at radius 1 is 1.43 bits per heavy atom. The first-order valence-electron chi connectivity index (χ1n) is 7.36. The van der Waals surface area contributed by atoms with Crippen molar-refractivity contribution < 1.29 is 19.4 Å². The van der Waals surface area contributed by atoms with Crippen molar-refractivity contribution in [1.82, 2.24) is 4.90 Å². The van der Waals surface area contributed by atoms with Crippen LogP contribution in [0.5, 0.6) is 0 Å². The summed E-state index contributed by atoms with van der Waals surface area (Å²) < 4.78 is 5.41. The number of thiophene rings is 1. The number of amides is 1. The molecule has 0 spiro atoms. The van der Waals surface area contributed by atoms with Crippen LogP contribution in [0.2, 0.25) is 0 Å². The number of ether oxygens (including phenoxy) is 1. The van der Waals surface area contributed by atoms with Crippen LogP contribution in [0.4, 0.5) is 0 Å². The van der Waals surface area contributed by atoms with Crippen molar-refractivity contribution in [3.05, 3.63) is 21.9 Å². The molecule has 3 atom stereocenters. The maximum atomic E-state index is 12.7. The minimum atomic E-state index is -0.976. The molecular formula is C15H19NO4S. The average Bonchev–Trinajstić information content (AvgIpc) is 3.13. The van der Waals surface area contributed by atoms with E-state index in [1.807, 2.05) is 4.90 Å². The smallest absolute Gasteiger partial charge is 0.332 e. The van der Waals surface area contributed by atoms with Crippen LogP contribution in [0.1, 0.15) is 42.7 Å². The molecule has 0 aliphatic carbocycles. The number of rotatable bonds is 3. The van der Waals surface area contributed by atoms with Gasteiger partial charge in [-0.3, -0.25) is 4.79 Å². The number of fused-ring (bicyclic) bond motifs is 1. The van der Waals surface area contributed by atoms with Crippen molar-refractivity contribution in [1.29, 1.82) is 0 Å². The fourth-order valence-electron chi connectivity index (χ4n) is 3.29. The summed E-state index contributed by atoms with van der Waals surface area (Å²) >= 11 is 1.75. The molecule has 1 aromatic heterocycles. The van der Waals surface area contributed by atoms with Gasteiger partial charge in [0.05, 0.1) is 6.04 Å². The van der Waals surface area contributed by atoms with Crippen LogP contribution in [0, 0.1) is 0 Å². The summed E-state index contributed by atoms with van der Waals surface area (Å²) in [4.78, 5) is 26.9. The fourth-order valence-corrected chi connectivity index (χ4v) is 4.21. The molecule has 6 heteroatoms. The molecule has 1 amide bonds. The number of carbonyl (C=O) groups excluding carboxylic acids is 1. The minimum Gasteiger partial charge on any atom is -0.479 e. The van der Waals surface area contributed by atoms with Crippen LogP contribution in [0.15, 0.2) is 11.4 Å². The van der Waals surface area contributed by atoms with Crippen LogP contribution < -0.4 is 0 Å². The number of hydrogen-bond donors (Lipinski definition) is 1. The highest BCUT2D eigenvalue weighted by atomic mass is 32.1. The van der Waals surface area contributed by atoms with E-state index in [1.165, 1.54) is 10.4 Å². The van der Waals surface area contributed by atoms with Gasteiger partial charge in [0, 0.05) is 11.4 Å². The van der Waals surface area contributed by atoms with Crippen molar-refractivity contribution in [2.45, 2.75) is 50.9 Å². The molecule has 2 aliphatic heterocycles. The lowest BCUT2D eigenvalue weighted by Crippen LogP contribution is -2.44. The molecule has 21 heavy (non-hydrogen) atoms. The number of nitrogens with zero attached hydrogens (tertiary/aromatic N) is 1. The zero-order chi connectivity index (χ0) is 15.0. The predicted octanol–water partition coefficient (Wildman–Crippen LogP) is 2.22. The molecule has 2 aliphatic rings. The molecule has 0 radical (unpaired) electrons. The van der Waals surface area contributed by atoms with E-state index in [4.69, 9.17) is 9.84 Å². The molecule has 3 heterocycles. The van der Waals surface area contributed by atoms with Crippen molar-refractivity contribution in [2.75, 3.05) is 6.54 Å². The molecule has 0 bridgehead atoms. The standard InChI is InChI=1S/C15H19NO4S/c1-2-10-9-6-8-21-13(9)5-7-16(10)14(17)11-3-4-12(20-11)15(18)19/h6,8,10-12H,2-5,7H2,1H3,(H,18,19). The third-order valence-electron chi connectivity index (χ3n) is 4.34. The Morgan fingerprint density at radius 3 is 2.86 bits per heavy atom. The normalized spacial score (nSPS) is 28.4. The zero-order valence-corrected chi connectivity index (χ0v) is 12.8. The number of hydrogen-bond acceptors (Lipinski definition) is 4. The summed E-state index contributed by atoms with van der Waals surface area (Å²) in [5.74, 6) is -1.03. The molecular weight excluding hydrogens is 290 g/mol. The van der Waals surface area contributed by atoms with Crippen molar-refractivity contribution in [3.63, 3.8) is 0 Å². The van der Waals surface area contributed by atoms with E-state index in [0.29, 0.717) is 19.4 Å². The van der Waals surface area contributed by atoms with Gasteiger partial charge in [-0.05, 0) is 42.7 Å². The van der Waals surface area contributed by atoms with Gasteiger partial charge in [-0.15, -0.1) is 11.3 Å². The first-order valence-corrected chi connectivity index (χ1v) is 8.24. The number of carboxylic acids is 1. The van der Waals surface area contributed by atoms with Gasteiger partial charge in [0.25, 0.3) is 5.91 Å². The van der Waals surface area contributed by atoms with Crippen LogP contribution >= 0.6 is 11.3 Å². The summed E-state index contributed by atoms with van der Waals surface area (Å²) in [5.41, 5.74) is 1.25. The Balaban J connectivity index is 1.75. The van der Waals surface area contributed by atoms with Crippen molar-refractivity contribution in [3.8, 4) is 0 Å². The van der Waals surface area contributed by atoms with Gasteiger partial charge in [-0.2, -0.15) is 0 Å². The monoisotopic (exact) mass is 309 g/mol. The van der Waals surface area contributed by atoms with E-state index < -0.39 is 18.2 Å². The summed E-state index contributed by atoms with van der Waals surface area (Å²) in [6.45, 7) is 2.77. The van der Waals surface area contributed by atoms with E-state index in [1.54, 1.807) is 11.3 Å². The highest BCUT2D eigenvalue weighted by molar-refractivity contribution is 7.10. The highest BCUT2D eigenvalue weighted by Crippen LogP contribution is 2.36. The Labute approximate surface area is 127 Å². The van der Waals surface area contributed by atoms with Gasteiger partial charge >= 0.3 is 5.97 Å². The molecule has 0 saturated carbocycles. The molecule has 1 aromatic rings. The lowest BCUT2D eigenvalue weighted by Gasteiger charge is -2.36. The van der Waals surface area contributed by atoms with Crippen LogP contribution in [-0.2, 0) is 20.7 Å². The number of aliphatic carboxylic acids is 1. The van der Waals surface area contributed by atoms with Gasteiger partial charge < -0.3 is 14.7 Å². The quantitative estimate of drug-likeness (QED) is 0.929. The van der Waals surface area contributed by atoms with Gasteiger partial charge in [0.2, 0.25) is 0 Å². The summed E-state index contributed by atoms with van der Waals surface area (Å²) in [5, 5.41) is 11.1. The molecule has 3 unspecified atom stereocenters. The number of carbonyl (C=O) groups is 2. The van der Waals surface area contributed by atoms with E-state index in [-0.39, 0.29) is 11.9 Å². The van der Waals surface area contributed by atoms with E-state index in [2.05, 4.69) is 18.4 Å². The molecule has 1 N–H and O–H groups in total. The third-order valence-corrected chi connectivity index (χ3v) is 5.33. The maximum absolute atomic E-state index is 12.7. The van der Waals surface area contributed by atoms with Gasteiger partial charge in [0.15, 0.2) is 6.10 Å². The SMILES string of the molecule is CCC1c2ccsc2CCN1C(=O)C1CCC(C(=O)O)O1. The van der Waals surface area contributed by atoms with Crippen molar-refractivity contribution >= 4 is 23.2 Å². The van der Waals surface area contributed by atoms with Crippen LogP contribution in [0.25, 0.3) is 0 Å². The summed E-state index contributed by atoms with van der Waals surface area (Å²) in [6.07, 6.45) is 1.23. The molecule has 3 rings (SSSR count). The van der Waals surface area contributed by atoms with E-state index >= 15 is 0 Å². The second kappa shape index (κ2) is 5.77. The molecule has 1 fully saturated rings. The first-order chi connectivity index (χ1) is 10.1. The second-order valence-corrected chi connectivity index (χ2v) is 6.53. The first kappa shape index (κ1) is 14.5. The zero-order valence-electron chi connectivity index (χ0n) is 11.9. The van der Waals surface area contributed by atoms with E-state index in [9.17, 15) is 9.59 Å². The highest BCUT2D eigenvalue weighted by Gasteiger charge is 2.40. The Morgan fingerprint density at radius 2 is 2.19 bits per heavy atom. The Bertz CT molecular complexity index is 556. The summed E-state index contributed by atoms with van der Waals surface area (Å²) in [6, 6.07) is 2.20. The molecule has 1 saturated heterocycles. The molecule has 5 nitrogen and oxygen atoms in total. The Hall–Kier alpha value is -1.40. The predicted molar refractivity (Wildman–Crippen MR) is 78.3 cm³/mol. The third kappa shape index (κ3) is 2.58.